The highest BCUT2D eigenvalue weighted by Crippen LogP contribution is 2.76. The van der Waals surface area contributed by atoms with Crippen LogP contribution in [-0.2, 0) is 14.3 Å². The van der Waals surface area contributed by atoms with Gasteiger partial charge >= 0.3 is 0 Å². The average molecular weight is 596 g/mol. The van der Waals surface area contributed by atoms with Crippen LogP contribution < -0.4 is 5.73 Å². The zero-order valence-corrected chi connectivity index (χ0v) is 28.1. The minimum Gasteiger partial charge on any atom is -0.330 e. The van der Waals surface area contributed by atoms with Crippen molar-refractivity contribution in [2.75, 3.05) is 13.2 Å². The van der Waals surface area contributed by atoms with Crippen molar-refractivity contribution in [3.8, 4) is 0 Å². The summed E-state index contributed by atoms with van der Waals surface area (Å²) in [5.41, 5.74) is 10.3. The van der Waals surface area contributed by atoms with E-state index in [0.717, 1.165) is 44.2 Å². The van der Waals surface area contributed by atoms with Crippen molar-refractivity contribution < 1.29 is 12.6 Å². The Morgan fingerprint density at radius 3 is 2.24 bits per heavy atom. The van der Waals surface area contributed by atoms with Crippen molar-refractivity contribution in [3.63, 3.8) is 0 Å². The van der Waals surface area contributed by atoms with E-state index < -0.39 is 10.1 Å². The van der Waals surface area contributed by atoms with E-state index in [1.807, 2.05) is 19.1 Å². The lowest BCUT2D eigenvalue weighted by molar-refractivity contribution is -0.218. The quantitative estimate of drug-likeness (QED) is 0.229. The molecule has 2 N–H and O–H groups in total. The second kappa shape index (κ2) is 11.2. The smallest absolute Gasteiger partial charge is 0.296 e. The molecule has 0 aromatic heterocycles. The summed E-state index contributed by atoms with van der Waals surface area (Å²) >= 11 is 0. The maximum absolute atomic E-state index is 13.4. The van der Waals surface area contributed by atoms with Crippen molar-refractivity contribution in [2.24, 2.45) is 57.0 Å². The molecule has 0 spiro atoms. The van der Waals surface area contributed by atoms with Crippen molar-refractivity contribution in [1.29, 1.82) is 0 Å². The molecular formula is C37H57NO3S. The van der Waals surface area contributed by atoms with Gasteiger partial charge in [0, 0.05) is 0 Å². The monoisotopic (exact) mass is 595 g/mol. The molecule has 9 atom stereocenters. The van der Waals surface area contributed by atoms with Crippen LogP contribution in [0.4, 0.5) is 0 Å². The molecule has 4 fully saturated rings. The SMILES string of the molecule is C=C(C)[C@@H]1CC[C@]2(COS(=O)(=O)c3ccc(C)cc3)CC[C@]3(C)[C@H](CC[C@@H]4[C@@](C)(CCCN)[C@H](C(=C)C)CC[C@]43C)[C@@H]12. The molecule has 234 valence electrons. The first-order valence-corrected chi connectivity index (χ1v) is 18.0. The van der Waals surface area contributed by atoms with E-state index in [0.29, 0.717) is 29.6 Å². The molecular weight excluding hydrogens is 538 g/mol. The van der Waals surface area contributed by atoms with Crippen LogP contribution in [0.3, 0.4) is 0 Å². The molecule has 0 amide bonds. The van der Waals surface area contributed by atoms with Crippen molar-refractivity contribution >= 4 is 10.1 Å². The standard InChI is InChI=1S/C37H57NO3S/c1-25(2)29-16-20-37(24-41-42(39,40)28-12-10-27(5)11-13-28)22-21-35(7)31(33(29)37)14-15-32-34(6,18-9-23-38)30(26(3)4)17-19-36(32,35)8/h10-13,29-33H,1,3,9,14-24,38H2,2,4-8H3/t29-,30-,31+,32+,33+,34-,35+,36+,37+/m0/s1. The summed E-state index contributed by atoms with van der Waals surface area (Å²) in [5, 5.41) is 0. The molecule has 4 saturated carbocycles. The van der Waals surface area contributed by atoms with Gasteiger partial charge in [0.2, 0.25) is 0 Å². The largest absolute Gasteiger partial charge is 0.330 e. The fourth-order valence-electron chi connectivity index (χ4n) is 11.5. The Bertz CT molecular complexity index is 1300. The Kier molecular flexibility index (Phi) is 8.51. The zero-order chi connectivity index (χ0) is 30.7. The lowest BCUT2D eigenvalue weighted by Gasteiger charge is -2.71. The molecule has 0 heterocycles. The first kappa shape index (κ1) is 32.0. The maximum Gasteiger partial charge on any atom is 0.296 e. The van der Waals surface area contributed by atoms with E-state index in [1.165, 1.54) is 43.3 Å². The minimum atomic E-state index is -3.81. The third kappa shape index (κ3) is 4.88. The summed E-state index contributed by atoms with van der Waals surface area (Å²) in [7, 11) is -3.81. The van der Waals surface area contributed by atoms with Crippen LogP contribution in [0.2, 0.25) is 0 Å². The Morgan fingerprint density at radius 2 is 1.62 bits per heavy atom. The molecule has 5 heteroatoms. The van der Waals surface area contributed by atoms with Crippen molar-refractivity contribution in [2.45, 2.75) is 111 Å². The van der Waals surface area contributed by atoms with Gasteiger partial charge in [-0.15, -0.1) is 0 Å². The fraction of sp³-hybridized carbons (Fsp3) is 0.730. The average Bonchev–Trinajstić information content (AvgIpc) is 3.32. The number of hydrogen-bond acceptors (Lipinski definition) is 4. The van der Waals surface area contributed by atoms with Crippen LogP contribution >= 0.6 is 0 Å². The number of aryl methyl sites for hydroxylation is 1. The number of fused-ring (bicyclic) bond motifs is 5. The van der Waals surface area contributed by atoms with Gasteiger partial charge in [0.05, 0.1) is 11.5 Å². The summed E-state index contributed by atoms with van der Waals surface area (Å²) in [6, 6.07) is 7.04. The van der Waals surface area contributed by atoms with Crippen molar-refractivity contribution in [1.82, 2.24) is 0 Å². The summed E-state index contributed by atoms with van der Waals surface area (Å²) in [6.07, 6.45) is 11.4. The van der Waals surface area contributed by atoms with Gasteiger partial charge in [-0.05, 0) is 155 Å². The van der Waals surface area contributed by atoms with Crippen LogP contribution in [-0.4, -0.2) is 21.6 Å². The van der Waals surface area contributed by atoms with Gasteiger partial charge in [-0.2, -0.15) is 8.42 Å². The molecule has 4 aliphatic carbocycles. The van der Waals surface area contributed by atoms with E-state index in [9.17, 15) is 8.42 Å². The predicted octanol–water partition coefficient (Wildman–Crippen LogP) is 8.85. The predicted molar refractivity (Wildman–Crippen MR) is 173 cm³/mol. The number of allylic oxidation sites excluding steroid dienone is 2. The van der Waals surface area contributed by atoms with Gasteiger partial charge in [0.15, 0.2) is 0 Å². The minimum absolute atomic E-state index is 0.119. The fourth-order valence-corrected chi connectivity index (χ4v) is 12.5. The molecule has 5 rings (SSSR count). The molecule has 0 saturated heterocycles. The van der Waals surface area contributed by atoms with E-state index in [-0.39, 0.29) is 33.2 Å². The Labute approximate surface area is 257 Å². The number of nitrogens with two attached hydrogens (primary N) is 1. The van der Waals surface area contributed by atoms with Gasteiger partial charge in [-0.25, -0.2) is 0 Å². The maximum atomic E-state index is 13.4. The second-order valence-electron chi connectivity index (χ2n) is 15.8. The van der Waals surface area contributed by atoms with Crippen molar-refractivity contribution in [3.05, 3.63) is 54.1 Å². The van der Waals surface area contributed by atoms with Crippen LogP contribution in [0.15, 0.2) is 53.5 Å². The first-order chi connectivity index (χ1) is 19.7. The topological polar surface area (TPSA) is 69.4 Å². The Balaban J connectivity index is 1.49. The van der Waals surface area contributed by atoms with Crippen LogP contribution in [0, 0.1) is 58.2 Å². The van der Waals surface area contributed by atoms with Crippen LogP contribution in [0.25, 0.3) is 0 Å². The highest BCUT2D eigenvalue weighted by Gasteiger charge is 2.69. The molecule has 42 heavy (non-hydrogen) atoms. The number of benzene rings is 1. The third-order valence-corrected chi connectivity index (χ3v) is 15.1. The lowest BCUT2D eigenvalue weighted by atomic mass is 9.34. The summed E-state index contributed by atoms with van der Waals surface area (Å²) in [6.45, 7) is 24.2. The molecule has 0 radical (unpaired) electrons. The van der Waals surface area contributed by atoms with E-state index in [4.69, 9.17) is 9.92 Å². The molecule has 0 unspecified atom stereocenters. The molecule has 4 aliphatic rings. The summed E-state index contributed by atoms with van der Waals surface area (Å²) < 4.78 is 32.7. The second-order valence-corrected chi connectivity index (χ2v) is 17.4. The number of hydrogen-bond donors (Lipinski definition) is 1. The summed E-state index contributed by atoms with van der Waals surface area (Å²) in [4.78, 5) is 0.259. The molecule has 0 aliphatic heterocycles. The van der Waals surface area contributed by atoms with E-state index >= 15 is 0 Å². The van der Waals surface area contributed by atoms with E-state index in [1.54, 1.807) is 12.1 Å². The molecule has 4 nitrogen and oxygen atoms in total. The van der Waals surface area contributed by atoms with Gasteiger partial charge in [0.25, 0.3) is 10.1 Å². The van der Waals surface area contributed by atoms with Crippen LogP contribution in [0.5, 0.6) is 0 Å². The third-order valence-electron chi connectivity index (χ3n) is 13.8. The zero-order valence-electron chi connectivity index (χ0n) is 27.3. The number of rotatable bonds is 9. The van der Waals surface area contributed by atoms with Gasteiger partial charge in [-0.1, -0.05) is 62.8 Å². The summed E-state index contributed by atoms with van der Waals surface area (Å²) in [5.74, 6) is 2.58. The molecule has 0 bridgehead atoms. The lowest BCUT2D eigenvalue weighted by Crippen LogP contribution is -2.64. The molecule has 1 aromatic carbocycles. The van der Waals surface area contributed by atoms with Gasteiger partial charge in [0.1, 0.15) is 0 Å². The Hall–Kier alpha value is -1.43. The highest BCUT2D eigenvalue weighted by molar-refractivity contribution is 7.86. The van der Waals surface area contributed by atoms with Gasteiger partial charge in [-0.3, -0.25) is 4.18 Å². The Morgan fingerprint density at radius 1 is 0.929 bits per heavy atom. The van der Waals surface area contributed by atoms with Crippen LogP contribution in [0.1, 0.15) is 104 Å². The first-order valence-electron chi connectivity index (χ1n) is 16.6. The van der Waals surface area contributed by atoms with E-state index in [2.05, 4.69) is 47.8 Å². The molecule has 1 aromatic rings. The van der Waals surface area contributed by atoms with Gasteiger partial charge < -0.3 is 5.73 Å². The normalized spacial score (nSPS) is 41.5. The highest BCUT2D eigenvalue weighted by atomic mass is 32.2.